The number of pyridine rings is 4. The van der Waals surface area contributed by atoms with E-state index in [2.05, 4.69) is 19.9 Å². The van der Waals surface area contributed by atoms with Gasteiger partial charge in [-0.05, 0) is 86.3 Å². The molecule has 2 aliphatic heterocycles. The average Bonchev–Trinajstić information content (AvgIpc) is 3.21. The zero-order valence-corrected chi connectivity index (χ0v) is 31.2. The molecule has 16 heteroatoms. The van der Waals surface area contributed by atoms with Gasteiger partial charge in [0.15, 0.2) is 0 Å². The molecule has 0 aliphatic carbocycles. The Kier molecular flexibility index (Phi) is 8.79. The summed E-state index contributed by atoms with van der Waals surface area (Å²) in [4.78, 5) is 18.0. The lowest BCUT2D eigenvalue weighted by atomic mass is 10.0. The summed E-state index contributed by atoms with van der Waals surface area (Å²) in [5.74, 6) is 1.68. The highest BCUT2D eigenvalue weighted by molar-refractivity contribution is 7.79. The molecule has 0 saturated carbocycles. The van der Waals surface area contributed by atoms with Crippen LogP contribution in [0.15, 0.2) is 135 Å². The Labute approximate surface area is 300 Å². The normalized spacial score (nSPS) is 15.8. The Balaban J connectivity index is 1.47. The third-order valence-corrected chi connectivity index (χ3v) is 15.6. The lowest BCUT2D eigenvalue weighted by Gasteiger charge is -2.31. The highest BCUT2D eigenvalue weighted by atomic mass is 31.3. The van der Waals surface area contributed by atoms with Crippen LogP contribution in [0, 0.1) is 27.7 Å². The largest absolute Gasteiger partial charge is 0.463 e. The Morgan fingerprint density at radius 1 is 0.423 bits per heavy atom. The predicted octanol–water partition coefficient (Wildman–Crippen LogP) is 11.1. The van der Waals surface area contributed by atoms with Gasteiger partial charge in [0, 0.05) is 60.2 Å². The fourth-order valence-electron chi connectivity index (χ4n) is 5.27. The van der Waals surface area contributed by atoms with Crippen LogP contribution in [0.3, 0.4) is 0 Å². The second kappa shape index (κ2) is 13.6. The van der Waals surface area contributed by atoms with E-state index in [-0.39, 0.29) is 23.5 Å². The molecule has 0 unspecified atom stereocenters. The highest BCUT2D eigenvalue weighted by Crippen LogP contribution is 2.79. The topological polar surface area (TPSA) is 144 Å². The van der Waals surface area contributed by atoms with Crippen LogP contribution in [0.4, 0.5) is 0 Å². The maximum absolute atomic E-state index is 6.87. The molecule has 52 heavy (non-hydrogen) atoms. The molecular weight excluding hydrogens is 719 g/mol. The zero-order valence-electron chi connectivity index (χ0n) is 28.5. The van der Waals surface area contributed by atoms with E-state index >= 15 is 0 Å². The van der Waals surface area contributed by atoms with Crippen LogP contribution in [-0.4, -0.2) is 19.9 Å². The fraction of sp³-hybridized carbons (Fsp3) is 0.111. The van der Waals surface area contributed by atoms with Crippen LogP contribution in [-0.2, 0) is 0 Å². The first-order valence-corrected chi connectivity index (χ1v) is 20.7. The molecular formula is C36H32N7O6P3. The number of fused-ring (bicyclic) bond motifs is 3. The van der Waals surface area contributed by atoms with Crippen LogP contribution in [0.1, 0.15) is 22.3 Å². The molecule has 0 N–H and O–H groups in total. The van der Waals surface area contributed by atoms with Crippen molar-refractivity contribution in [2.75, 3.05) is 0 Å². The standard InChI is InChI=1S/C36H32N7O6P3/c1-25-13-17-37-33(21-25)46-51(47-34-22-26(2)14-18-38-34)41-50(44-31-11-7-5-9-29(31)30-10-6-8-12-32(30)45-50)42-52(43-51,48-35-23-27(3)15-19-39-35)49-36-24-28(4)16-20-40-36/h5-24H,1-4H3. The number of benzene rings is 2. The van der Waals surface area contributed by atoms with Gasteiger partial charge < -0.3 is 27.1 Å². The lowest BCUT2D eigenvalue weighted by Crippen LogP contribution is -2.12. The van der Waals surface area contributed by atoms with E-state index < -0.39 is 23.0 Å². The molecule has 0 radical (unpaired) electrons. The third-order valence-electron chi connectivity index (χ3n) is 7.59. The number of rotatable bonds is 8. The quantitative estimate of drug-likeness (QED) is 0.138. The number of para-hydroxylation sites is 2. The molecule has 0 atom stereocenters. The molecule has 4 aromatic heterocycles. The van der Waals surface area contributed by atoms with E-state index in [1.807, 2.05) is 100 Å². The molecule has 0 bridgehead atoms. The molecule has 8 rings (SSSR count). The van der Waals surface area contributed by atoms with Gasteiger partial charge in [-0.25, -0.2) is 19.9 Å². The molecule has 0 saturated heterocycles. The summed E-state index contributed by atoms with van der Waals surface area (Å²) in [5.41, 5.74) is 5.09. The molecule has 6 heterocycles. The molecule has 6 aromatic rings. The Morgan fingerprint density at radius 3 is 1.13 bits per heavy atom. The van der Waals surface area contributed by atoms with E-state index in [0.29, 0.717) is 11.5 Å². The third kappa shape index (κ3) is 7.16. The van der Waals surface area contributed by atoms with E-state index in [1.165, 1.54) is 0 Å². The van der Waals surface area contributed by atoms with Gasteiger partial charge >= 0.3 is 23.0 Å². The van der Waals surface area contributed by atoms with Crippen molar-refractivity contribution in [1.29, 1.82) is 0 Å². The van der Waals surface area contributed by atoms with Crippen LogP contribution in [0.25, 0.3) is 11.1 Å². The van der Waals surface area contributed by atoms with Crippen LogP contribution in [0.5, 0.6) is 35.0 Å². The first-order valence-electron chi connectivity index (χ1n) is 16.1. The number of nitrogens with zero attached hydrogens (tertiary/aromatic N) is 7. The minimum absolute atomic E-state index is 0.185. The van der Waals surface area contributed by atoms with Crippen molar-refractivity contribution >= 4 is 23.0 Å². The Bertz CT molecular complexity index is 2260. The predicted molar refractivity (Wildman–Crippen MR) is 200 cm³/mol. The van der Waals surface area contributed by atoms with E-state index in [0.717, 1.165) is 33.4 Å². The van der Waals surface area contributed by atoms with Gasteiger partial charge in [-0.15, -0.1) is 0 Å². The van der Waals surface area contributed by atoms with Gasteiger partial charge in [0.05, 0.1) is 0 Å². The minimum Gasteiger partial charge on any atom is -0.413 e. The van der Waals surface area contributed by atoms with Crippen molar-refractivity contribution in [1.82, 2.24) is 19.9 Å². The van der Waals surface area contributed by atoms with Crippen molar-refractivity contribution in [2.24, 2.45) is 13.5 Å². The number of hydrogen-bond donors (Lipinski definition) is 0. The molecule has 2 aliphatic rings. The fourth-order valence-corrected chi connectivity index (χ4v) is 14.2. The first kappa shape index (κ1) is 33.7. The second-order valence-corrected chi connectivity index (χ2v) is 18.2. The molecule has 0 amide bonds. The molecule has 0 fully saturated rings. The second-order valence-electron chi connectivity index (χ2n) is 12.0. The van der Waals surface area contributed by atoms with Crippen molar-refractivity contribution in [3.05, 3.63) is 144 Å². The number of hydrogen-bond acceptors (Lipinski definition) is 13. The molecule has 2 aromatic carbocycles. The van der Waals surface area contributed by atoms with Gasteiger partial charge in [-0.1, -0.05) is 49.9 Å². The SMILES string of the molecule is Cc1ccnc(OP2(Oc3cc(C)ccn3)=NP(Oc3cc(C)ccn3)(Oc3cc(C)ccn3)=NP3(=N2)Oc2ccccc2-c2ccccc2O3)c1. The summed E-state index contributed by atoms with van der Waals surface area (Å²) in [6, 6.07) is 29.5. The zero-order chi connectivity index (χ0) is 35.8. The van der Waals surface area contributed by atoms with Crippen LogP contribution < -0.4 is 27.1 Å². The summed E-state index contributed by atoms with van der Waals surface area (Å²) in [7, 11) is -12.2. The summed E-state index contributed by atoms with van der Waals surface area (Å²) in [6.07, 6.45) is 6.50. The van der Waals surface area contributed by atoms with E-state index in [1.54, 1.807) is 49.1 Å². The average molecular weight is 752 g/mol. The maximum atomic E-state index is 6.87. The molecule has 262 valence electrons. The van der Waals surface area contributed by atoms with Gasteiger partial charge in [-0.3, -0.25) is 0 Å². The van der Waals surface area contributed by atoms with E-state index in [9.17, 15) is 0 Å². The minimum atomic E-state index is -4.10. The van der Waals surface area contributed by atoms with Gasteiger partial charge in [0.1, 0.15) is 11.5 Å². The molecule has 1 spiro atoms. The van der Waals surface area contributed by atoms with Gasteiger partial charge in [0.25, 0.3) is 0 Å². The Morgan fingerprint density at radius 2 is 0.769 bits per heavy atom. The van der Waals surface area contributed by atoms with Gasteiger partial charge in [0.2, 0.25) is 23.5 Å². The van der Waals surface area contributed by atoms with Gasteiger partial charge in [-0.2, -0.15) is 0 Å². The summed E-state index contributed by atoms with van der Waals surface area (Å²) in [5, 5.41) is 0. The number of aryl methyl sites for hydroxylation is 4. The van der Waals surface area contributed by atoms with E-state index in [4.69, 9.17) is 40.7 Å². The maximum Gasteiger partial charge on any atom is 0.463 e. The van der Waals surface area contributed by atoms with Crippen LogP contribution >= 0.6 is 23.0 Å². The van der Waals surface area contributed by atoms with Crippen molar-refractivity contribution in [3.63, 3.8) is 0 Å². The summed E-state index contributed by atoms with van der Waals surface area (Å²) in [6.45, 7) is 7.68. The number of aromatic nitrogens is 4. The smallest absolute Gasteiger partial charge is 0.413 e. The van der Waals surface area contributed by atoms with Crippen molar-refractivity contribution < 1.29 is 27.1 Å². The van der Waals surface area contributed by atoms with Crippen LogP contribution in [0.2, 0.25) is 0 Å². The first-order chi connectivity index (χ1) is 25.2. The summed E-state index contributed by atoms with van der Waals surface area (Å²) < 4.78 is 56.2. The summed E-state index contributed by atoms with van der Waals surface area (Å²) >= 11 is 0. The molecule has 13 nitrogen and oxygen atoms in total. The Hall–Kier alpha value is -5.47. The monoisotopic (exact) mass is 751 g/mol. The lowest BCUT2D eigenvalue weighted by molar-refractivity contribution is 0.430. The highest BCUT2D eigenvalue weighted by Gasteiger charge is 2.50. The van der Waals surface area contributed by atoms with Crippen molar-refractivity contribution in [2.45, 2.75) is 27.7 Å². The van der Waals surface area contributed by atoms with Crippen molar-refractivity contribution in [3.8, 4) is 46.1 Å².